The van der Waals surface area contributed by atoms with Crippen LogP contribution in [0.3, 0.4) is 0 Å². The van der Waals surface area contributed by atoms with E-state index in [-0.39, 0.29) is 17.5 Å². The number of nitrogens with zero attached hydrogens (tertiary/aromatic N) is 2. The van der Waals surface area contributed by atoms with E-state index in [2.05, 4.69) is 5.16 Å². The van der Waals surface area contributed by atoms with Gasteiger partial charge in [0.2, 0.25) is 0 Å². The monoisotopic (exact) mass is 264 g/mol. The molecule has 0 radical (unpaired) electrons. The Morgan fingerprint density at radius 1 is 1.47 bits per heavy atom. The minimum Gasteiger partial charge on any atom is -0.480 e. The molecule has 1 N–H and O–H groups in total. The molecule has 1 saturated carbocycles. The number of rotatable bonds is 2. The molecule has 1 aliphatic heterocycles. The first-order valence-corrected chi connectivity index (χ1v) is 6.55. The van der Waals surface area contributed by atoms with Gasteiger partial charge in [0.1, 0.15) is 11.8 Å². The van der Waals surface area contributed by atoms with Gasteiger partial charge in [-0.1, -0.05) is 11.6 Å². The second-order valence-corrected chi connectivity index (χ2v) is 5.42. The van der Waals surface area contributed by atoms with Crippen LogP contribution in [0.5, 0.6) is 0 Å². The van der Waals surface area contributed by atoms with Gasteiger partial charge in [0.25, 0.3) is 5.91 Å². The van der Waals surface area contributed by atoms with Gasteiger partial charge in [0, 0.05) is 12.6 Å². The molecule has 19 heavy (non-hydrogen) atoms. The number of carbonyl (C=O) groups is 2. The minimum atomic E-state index is -0.914. The molecule has 0 aromatic carbocycles. The molecule has 3 atom stereocenters. The SMILES string of the molecule is Cc1cc(C(=O)N2CC3CCCC3C2C(=O)O)no1. The molecular weight excluding hydrogens is 248 g/mol. The second kappa shape index (κ2) is 4.36. The van der Waals surface area contributed by atoms with Gasteiger partial charge in [0.15, 0.2) is 5.69 Å². The van der Waals surface area contributed by atoms with Crippen molar-refractivity contribution in [1.82, 2.24) is 10.1 Å². The smallest absolute Gasteiger partial charge is 0.326 e. The van der Waals surface area contributed by atoms with Crippen LogP contribution in [-0.4, -0.2) is 39.6 Å². The summed E-state index contributed by atoms with van der Waals surface area (Å²) in [6.45, 7) is 2.23. The summed E-state index contributed by atoms with van der Waals surface area (Å²) < 4.78 is 4.89. The van der Waals surface area contributed by atoms with Crippen LogP contribution in [0.15, 0.2) is 10.6 Å². The normalized spacial score (nSPS) is 29.5. The molecule has 102 valence electrons. The van der Waals surface area contributed by atoms with E-state index in [0.29, 0.717) is 18.2 Å². The number of aryl methyl sites for hydroxylation is 1. The maximum atomic E-state index is 12.3. The molecule has 6 nitrogen and oxygen atoms in total. The molecule has 2 aliphatic rings. The average molecular weight is 264 g/mol. The summed E-state index contributed by atoms with van der Waals surface area (Å²) in [5, 5.41) is 13.1. The first-order chi connectivity index (χ1) is 9.08. The summed E-state index contributed by atoms with van der Waals surface area (Å²) in [6, 6.07) is 0.840. The number of carboxylic acids is 1. The summed E-state index contributed by atoms with van der Waals surface area (Å²) in [5.74, 6) is -0.288. The molecule has 1 aromatic rings. The van der Waals surface area contributed by atoms with Crippen molar-refractivity contribution in [2.24, 2.45) is 11.8 Å². The number of hydrogen-bond acceptors (Lipinski definition) is 4. The maximum absolute atomic E-state index is 12.3. The Bertz CT molecular complexity index is 524. The molecule has 0 bridgehead atoms. The maximum Gasteiger partial charge on any atom is 0.326 e. The zero-order valence-corrected chi connectivity index (χ0v) is 10.7. The molecule has 3 rings (SSSR count). The number of amides is 1. The standard InChI is InChI=1S/C13H16N2O4/c1-7-5-10(14-19-7)12(16)15-6-8-3-2-4-9(8)11(15)13(17)18/h5,8-9,11H,2-4,6H2,1H3,(H,17,18). The number of hydrogen-bond donors (Lipinski definition) is 1. The summed E-state index contributed by atoms with van der Waals surface area (Å²) in [5.41, 5.74) is 0.198. The van der Waals surface area contributed by atoms with Crippen LogP contribution >= 0.6 is 0 Å². The number of aliphatic carboxylic acids is 1. The lowest BCUT2D eigenvalue weighted by molar-refractivity contribution is -0.142. The number of carboxylic acid groups (broad SMARTS) is 1. The fraction of sp³-hybridized carbons (Fsp3) is 0.615. The summed E-state index contributed by atoms with van der Waals surface area (Å²) >= 11 is 0. The van der Waals surface area contributed by atoms with E-state index in [1.807, 2.05) is 0 Å². The van der Waals surface area contributed by atoms with Crippen LogP contribution in [0.25, 0.3) is 0 Å². The van der Waals surface area contributed by atoms with Gasteiger partial charge in [-0.15, -0.1) is 0 Å². The Morgan fingerprint density at radius 2 is 2.26 bits per heavy atom. The van der Waals surface area contributed by atoms with Crippen LogP contribution < -0.4 is 0 Å². The van der Waals surface area contributed by atoms with Crippen molar-refractivity contribution in [1.29, 1.82) is 0 Å². The van der Waals surface area contributed by atoms with Crippen LogP contribution in [0.4, 0.5) is 0 Å². The van der Waals surface area contributed by atoms with Crippen LogP contribution in [-0.2, 0) is 4.79 Å². The molecule has 1 aromatic heterocycles. The van der Waals surface area contributed by atoms with E-state index >= 15 is 0 Å². The van der Waals surface area contributed by atoms with Crippen molar-refractivity contribution in [3.63, 3.8) is 0 Å². The zero-order chi connectivity index (χ0) is 13.6. The zero-order valence-electron chi connectivity index (χ0n) is 10.7. The lowest BCUT2D eigenvalue weighted by atomic mass is 9.94. The number of carbonyl (C=O) groups excluding carboxylic acids is 1. The van der Waals surface area contributed by atoms with E-state index in [1.165, 1.54) is 4.90 Å². The van der Waals surface area contributed by atoms with Gasteiger partial charge in [0.05, 0.1) is 0 Å². The van der Waals surface area contributed by atoms with Gasteiger partial charge in [-0.05, 0) is 31.6 Å². The summed E-state index contributed by atoms with van der Waals surface area (Å²) in [6.07, 6.45) is 2.96. The molecule has 0 spiro atoms. The van der Waals surface area contributed by atoms with Gasteiger partial charge >= 0.3 is 5.97 Å². The van der Waals surface area contributed by atoms with E-state index < -0.39 is 12.0 Å². The molecule has 1 aliphatic carbocycles. The minimum absolute atomic E-state index is 0.0921. The topological polar surface area (TPSA) is 83.6 Å². The molecule has 6 heteroatoms. The molecule has 2 fully saturated rings. The fourth-order valence-electron chi connectivity index (χ4n) is 3.45. The Balaban J connectivity index is 1.87. The van der Waals surface area contributed by atoms with Gasteiger partial charge in [-0.3, -0.25) is 4.79 Å². The molecule has 1 saturated heterocycles. The summed E-state index contributed by atoms with van der Waals surface area (Å²) in [7, 11) is 0. The van der Waals surface area contributed by atoms with Gasteiger partial charge < -0.3 is 14.5 Å². The quantitative estimate of drug-likeness (QED) is 0.870. The fourth-order valence-corrected chi connectivity index (χ4v) is 3.45. The highest BCUT2D eigenvalue weighted by Gasteiger charge is 2.50. The highest BCUT2D eigenvalue weighted by molar-refractivity contribution is 5.95. The Kier molecular flexibility index (Phi) is 2.80. The van der Waals surface area contributed by atoms with E-state index in [0.717, 1.165) is 19.3 Å². The third-order valence-electron chi connectivity index (χ3n) is 4.25. The van der Waals surface area contributed by atoms with Crippen molar-refractivity contribution in [3.05, 3.63) is 17.5 Å². The lowest BCUT2D eigenvalue weighted by Crippen LogP contribution is -2.43. The lowest BCUT2D eigenvalue weighted by Gasteiger charge is -2.23. The van der Waals surface area contributed by atoms with Crippen LogP contribution in [0.1, 0.15) is 35.5 Å². The third kappa shape index (κ3) is 1.91. The van der Waals surface area contributed by atoms with Crippen molar-refractivity contribution in [2.45, 2.75) is 32.2 Å². The average Bonchev–Trinajstić information content (AvgIpc) is 3.00. The first-order valence-electron chi connectivity index (χ1n) is 6.55. The predicted molar refractivity (Wildman–Crippen MR) is 64.5 cm³/mol. The Morgan fingerprint density at radius 3 is 2.89 bits per heavy atom. The highest BCUT2D eigenvalue weighted by atomic mass is 16.5. The largest absolute Gasteiger partial charge is 0.480 e. The van der Waals surface area contributed by atoms with Crippen molar-refractivity contribution in [2.75, 3.05) is 6.54 Å². The Labute approximate surface area is 110 Å². The number of fused-ring (bicyclic) bond motifs is 1. The van der Waals surface area contributed by atoms with Crippen LogP contribution in [0.2, 0.25) is 0 Å². The molecule has 1 amide bonds. The van der Waals surface area contributed by atoms with Gasteiger partial charge in [-0.2, -0.15) is 0 Å². The highest BCUT2D eigenvalue weighted by Crippen LogP contribution is 2.42. The van der Waals surface area contributed by atoms with Crippen molar-refractivity contribution < 1.29 is 19.2 Å². The van der Waals surface area contributed by atoms with Crippen molar-refractivity contribution in [3.8, 4) is 0 Å². The molecular formula is C13H16N2O4. The van der Waals surface area contributed by atoms with Crippen molar-refractivity contribution >= 4 is 11.9 Å². The number of likely N-dealkylation sites (tertiary alicyclic amines) is 1. The predicted octanol–water partition coefficient (Wildman–Crippen LogP) is 1.31. The third-order valence-corrected chi connectivity index (χ3v) is 4.25. The van der Waals surface area contributed by atoms with E-state index in [1.54, 1.807) is 13.0 Å². The summed E-state index contributed by atoms with van der Waals surface area (Å²) in [4.78, 5) is 25.3. The van der Waals surface area contributed by atoms with E-state index in [9.17, 15) is 14.7 Å². The second-order valence-electron chi connectivity index (χ2n) is 5.42. The Hall–Kier alpha value is -1.85. The molecule has 2 heterocycles. The van der Waals surface area contributed by atoms with Gasteiger partial charge in [-0.25, -0.2) is 4.79 Å². The number of aromatic nitrogens is 1. The molecule has 3 unspecified atom stereocenters. The van der Waals surface area contributed by atoms with Crippen LogP contribution in [0, 0.1) is 18.8 Å². The van der Waals surface area contributed by atoms with E-state index in [4.69, 9.17) is 4.52 Å². The first kappa shape index (κ1) is 12.2.